The second-order valence-corrected chi connectivity index (χ2v) is 11.4. The first-order valence-corrected chi connectivity index (χ1v) is 13.7. The number of carbonyl (C=O) groups is 2. The Morgan fingerprint density at radius 2 is 1.57 bits per heavy atom. The van der Waals surface area contributed by atoms with Crippen molar-refractivity contribution in [2.24, 2.45) is 0 Å². The number of hydrogen-bond donors (Lipinski definition) is 1. The van der Waals surface area contributed by atoms with Gasteiger partial charge in [0.15, 0.2) is 0 Å². The smallest absolute Gasteiger partial charge is 0.264 e. The van der Waals surface area contributed by atoms with Gasteiger partial charge in [-0.25, -0.2) is 8.42 Å². The van der Waals surface area contributed by atoms with E-state index in [9.17, 15) is 18.0 Å². The van der Waals surface area contributed by atoms with E-state index in [-0.39, 0.29) is 11.4 Å². The second-order valence-electron chi connectivity index (χ2n) is 8.72. The van der Waals surface area contributed by atoms with E-state index in [0.29, 0.717) is 21.3 Å². The molecule has 3 aromatic rings. The number of nitrogens with zero attached hydrogens (tertiary/aromatic N) is 2. The molecule has 196 valence electrons. The number of benzene rings is 3. The van der Waals surface area contributed by atoms with Crippen molar-refractivity contribution in [3.63, 3.8) is 0 Å². The number of aryl methyl sites for hydroxylation is 2. The first-order valence-electron chi connectivity index (χ1n) is 11.5. The highest BCUT2D eigenvalue weighted by Crippen LogP contribution is 2.27. The summed E-state index contributed by atoms with van der Waals surface area (Å²) in [7, 11) is -2.64. The number of amides is 2. The molecule has 3 rings (SSSR count). The summed E-state index contributed by atoms with van der Waals surface area (Å²) in [4.78, 5) is 27.7. The number of rotatable bonds is 9. The molecular weight excluding hydrogens is 533 g/mol. The zero-order valence-electron chi connectivity index (χ0n) is 21.0. The maximum Gasteiger partial charge on any atom is 0.264 e. The minimum absolute atomic E-state index is 0.0184. The van der Waals surface area contributed by atoms with Crippen LogP contribution in [-0.2, 0) is 26.2 Å². The van der Waals surface area contributed by atoms with Gasteiger partial charge in [-0.15, -0.1) is 0 Å². The first-order chi connectivity index (χ1) is 17.4. The lowest BCUT2D eigenvalue weighted by molar-refractivity contribution is -0.139. The van der Waals surface area contributed by atoms with Gasteiger partial charge in [0.2, 0.25) is 11.8 Å². The van der Waals surface area contributed by atoms with Crippen molar-refractivity contribution in [1.29, 1.82) is 0 Å². The van der Waals surface area contributed by atoms with Crippen molar-refractivity contribution < 1.29 is 18.0 Å². The Labute approximate surface area is 228 Å². The van der Waals surface area contributed by atoms with Crippen LogP contribution in [-0.4, -0.2) is 44.8 Å². The molecule has 2 amide bonds. The van der Waals surface area contributed by atoms with Crippen molar-refractivity contribution in [2.75, 3.05) is 17.9 Å². The summed E-state index contributed by atoms with van der Waals surface area (Å²) < 4.78 is 28.6. The zero-order chi connectivity index (χ0) is 27.3. The fourth-order valence-electron chi connectivity index (χ4n) is 3.97. The Kier molecular flexibility index (Phi) is 9.23. The number of nitrogens with one attached hydrogen (secondary N) is 1. The van der Waals surface area contributed by atoms with Gasteiger partial charge in [-0.3, -0.25) is 13.9 Å². The van der Waals surface area contributed by atoms with Crippen LogP contribution in [0.4, 0.5) is 5.69 Å². The molecule has 1 N–H and O–H groups in total. The third kappa shape index (κ3) is 6.83. The van der Waals surface area contributed by atoms with Gasteiger partial charge < -0.3 is 10.2 Å². The third-order valence-electron chi connectivity index (χ3n) is 5.87. The Bertz CT molecular complexity index is 1380. The molecule has 0 aliphatic carbocycles. The number of hydrogen-bond acceptors (Lipinski definition) is 4. The quantitative estimate of drug-likeness (QED) is 0.399. The average Bonchev–Trinajstić information content (AvgIpc) is 2.85. The van der Waals surface area contributed by atoms with E-state index < -0.39 is 34.4 Å². The van der Waals surface area contributed by atoms with Crippen LogP contribution in [0, 0.1) is 13.8 Å². The summed E-state index contributed by atoms with van der Waals surface area (Å²) in [6, 6.07) is 17.2. The van der Waals surface area contributed by atoms with E-state index >= 15 is 0 Å². The third-order valence-corrected chi connectivity index (χ3v) is 8.25. The van der Waals surface area contributed by atoms with Crippen LogP contribution in [0.1, 0.15) is 23.6 Å². The predicted molar refractivity (Wildman–Crippen MR) is 147 cm³/mol. The van der Waals surface area contributed by atoms with Gasteiger partial charge in [0.1, 0.15) is 12.6 Å². The van der Waals surface area contributed by atoms with E-state index in [1.165, 1.54) is 24.1 Å². The zero-order valence-corrected chi connectivity index (χ0v) is 23.4. The number of carbonyl (C=O) groups excluding carboxylic acids is 2. The minimum atomic E-state index is -4.11. The lowest BCUT2D eigenvalue weighted by atomic mass is 10.1. The molecule has 7 nitrogen and oxygen atoms in total. The molecule has 3 aromatic carbocycles. The van der Waals surface area contributed by atoms with Gasteiger partial charge in [-0.1, -0.05) is 53.5 Å². The molecule has 0 saturated heterocycles. The van der Waals surface area contributed by atoms with Crippen LogP contribution in [0.2, 0.25) is 10.0 Å². The maximum atomic E-state index is 13.8. The van der Waals surface area contributed by atoms with Crippen molar-refractivity contribution in [3.8, 4) is 0 Å². The lowest BCUT2D eigenvalue weighted by Gasteiger charge is -2.32. The molecule has 10 heteroatoms. The summed E-state index contributed by atoms with van der Waals surface area (Å²) >= 11 is 12.4. The molecule has 0 aromatic heterocycles. The summed E-state index contributed by atoms with van der Waals surface area (Å²) in [5, 5.41) is 3.31. The monoisotopic (exact) mass is 561 g/mol. The number of sulfonamides is 1. The predicted octanol–water partition coefficient (Wildman–Crippen LogP) is 4.97. The molecule has 37 heavy (non-hydrogen) atoms. The second kappa shape index (κ2) is 12.0. The summed E-state index contributed by atoms with van der Waals surface area (Å²) in [6.07, 6.45) is 0. The Balaban J connectivity index is 2.07. The van der Waals surface area contributed by atoms with E-state index in [1.54, 1.807) is 55.5 Å². The van der Waals surface area contributed by atoms with Crippen molar-refractivity contribution >= 4 is 50.7 Å². The summed E-state index contributed by atoms with van der Waals surface area (Å²) in [5.41, 5.74) is 2.62. The highest BCUT2D eigenvalue weighted by Gasteiger charge is 2.32. The van der Waals surface area contributed by atoms with Gasteiger partial charge in [-0.05, 0) is 73.9 Å². The SMILES string of the molecule is CNC(=O)C(C)N(Cc1ccc(Cl)cc1Cl)C(=O)CN(c1cc(C)cc(C)c1)S(=O)(=O)c1ccccc1. The van der Waals surface area contributed by atoms with Crippen LogP contribution >= 0.6 is 23.2 Å². The number of likely N-dealkylation sites (N-methyl/N-ethyl adjacent to an activating group) is 1. The van der Waals surface area contributed by atoms with E-state index in [2.05, 4.69) is 5.32 Å². The van der Waals surface area contributed by atoms with Crippen LogP contribution in [0.15, 0.2) is 71.6 Å². The molecule has 0 aliphatic rings. The molecule has 0 aliphatic heterocycles. The van der Waals surface area contributed by atoms with Gasteiger partial charge in [-0.2, -0.15) is 0 Å². The average molecular weight is 563 g/mol. The first kappa shape index (κ1) is 28.5. The van der Waals surface area contributed by atoms with Crippen molar-refractivity contribution in [3.05, 3.63) is 93.5 Å². The molecule has 0 radical (unpaired) electrons. The molecule has 1 atom stereocenters. The minimum Gasteiger partial charge on any atom is -0.357 e. The summed E-state index contributed by atoms with van der Waals surface area (Å²) in [5.74, 6) is -0.969. The molecule has 0 fully saturated rings. The van der Waals surface area contributed by atoms with Gasteiger partial charge in [0.05, 0.1) is 10.6 Å². The van der Waals surface area contributed by atoms with E-state index in [1.807, 2.05) is 19.9 Å². The Morgan fingerprint density at radius 1 is 0.946 bits per heavy atom. The number of halogens is 2. The van der Waals surface area contributed by atoms with Gasteiger partial charge in [0, 0.05) is 23.6 Å². The Morgan fingerprint density at radius 3 is 2.14 bits per heavy atom. The van der Waals surface area contributed by atoms with Crippen LogP contribution in [0.25, 0.3) is 0 Å². The fourth-order valence-corrected chi connectivity index (χ4v) is 5.86. The molecule has 1 unspecified atom stereocenters. The normalized spacial score (nSPS) is 12.1. The van der Waals surface area contributed by atoms with E-state index in [4.69, 9.17) is 23.2 Å². The standard InChI is InChI=1S/C27H29Cl2N3O4S/c1-18-12-19(2)14-23(13-18)32(37(35,36)24-8-6-5-7-9-24)17-26(33)31(20(3)27(34)30-4)16-21-10-11-22(28)15-25(21)29/h5-15,20H,16-17H2,1-4H3,(H,30,34). The fraction of sp³-hybridized carbons (Fsp3) is 0.259. The van der Waals surface area contributed by atoms with Crippen molar-refractivity contribution in [1.82, 2.24) is 10.2 Å². The molecule has 0 spiro atoms. The van der Waals surface area contributed by atoms with Crippen LogP contribution < -0.4 is 9.62 Å². The molecule has 0 heterocycles. The maximum absolute atomic E-state index is 13.8. The van der Waals surface area contributed by atoms with Crippen LogP contribution in [0.3, 0.4) is 0 Å². The molecule has 0 bridgehead atoms. The largest absolute Gasteiger partial charge is 0.357 e. The van der Waals surface area contributed by atoms with Crippen molar-refractivity contribution in [2.45, 2.75) is 38.3 Å². The summed E-state index contributed by atoms with van der Waals surface area (Å²) in [6.45, 7) is 4.75. The molecular formula is C27H29Cl2N3O4S. The van der Waals surface area contributed by atoms with Crippen LogP contribution in [0.5, 0.6) is 0 Å². The highest BCUT2D eigenvalue weighted by atomic mass is 35.5. The highest BCUT2D eigenvalue weighted by molar-refractivity contribution is 7.92. The Hall–Kier alpha value is -3.07. The van der Waals surface area contributed by atoms with Gasteiger partial charge in [0.25, 0.3) is 10.0 Å². The molecule has 0 saturated carbocycles. The van der Waals surface area contributed by atoms with Gasteiger partial charge >= 0.3 is 0 Å². The topological polar surface area (TPSA) is 86.8 Å². The number of anilines is 1. The van der Waals surface area contributed by atoms with E-state index in [0.717, 1.165) is 15.4 Å². The lowest BCUT2D eigenvalue weighted by Crippen LogP contribution is -2.50.